The molecule has 18 heavy (non-hydrogen) atoms. The molecule has 0 aromatic carbocycles. The third kappa shape index (κ3) is 3.66. The Kier molecular flexibility index (Phi) is 4.46. The molecule has 0 spiro atoms. The van der Waals surface area contributed by atoms with Crippen molar-refractivity contribution in [3.8, 4) is 0 Å². The standard InChI is InChI=1S/C12H15N5S/c1-3-13-11-7-14-10(6-15-11)8-18-12-16-4-9(2)5-17-12/h4-7H,3,8H2,1-2H3,(H,13,15). The maximum atomic E-state index is 4.33. The average Bonchev–Trinajstić information content (AvgIpc) is 2.40. The lowest BCUT2D eigenvalue weighted by atomic mass is 10.4. The van der Waals surface area contributed by atoms with Crippen molar-refractivity contribution in [2.45, 2.75) is 24.8 Å². The van der Waals surface area contributed by atoms with Crippen molar-refractivity contribution in [3.63, 3.8) is 0 Å². The summed E-state index contributed by atoms with van der Waals surface area (Å²) in [6.07, 6.45) is 7.15. The zero-order chi connectivity index (χ0) is 12.8. The molecule has 5 nitrogen and oxygen atoms in total. The van der Waals surface area contributed by atoms with Gasteiger partial charge in [-0.05, 0) is 19.4 Å². The predicted molar refractivity (Wildman–Crippen MR) is 72.5 cm³/mol. The number of aryl methyl sites for hydroxylation is 1. The minimum Gasteiger partial charge on any atom is -0.369 e. The monoisotopic (exact) mass is 261 g/mol. The summed E-state index contributed by atoms with van der Waals surface area (Å²) in [6.45, 7) is 4.85. The molecule has 1 N–H and O–H groups in total. The zero-order valence-corrected chi connectivity index (χ0v) is 11.2. The van der Waals surface area contributed by atoms with Crippen LogP contribution in [0.15, 0.2) is 29.9 Å². The maximum absolute atomic E-state index is 4.33. The molecule has 0 atom stereocenters. The first kappa shape index (κ1) is 12.8. The van der Waals surface area contributed by atoms with E-state index in [1.165, 1.54) is 0 Å². The summed E-state index contributed by atoms with van der Waals surface area (Å²) < 4.78 is 0. The highest BCUT2D eigenvalue weighted by Crippen LogP contribution is 2.17. The van der Waals surface area contributed by atoms with Crippen molar-refractivity contribution >= 4 is 17.6 Å². The Labute approximate surface area is 110 Å². The zero-order valence-electron chi connectivity index (χ0n) is 10.4. The van der Waals surface area contributed by atoms with Crippen LogP contribution in [0, 0.1) is 6.92 Å². The Morgan fingerprint density at radius 3 is 2.44 bits per heavy atom. The summed E-state index contributed by atoms with van der Waals surface area (Å²) in [5.41, 5.74) is 1.99. The van der Waals surface area contributed by atoms with Crippen molar-refractivity contribution in [1.82, 2.24) is 19.9 Å². The van der Waals surface area contributed by atoms with Crippen LogP contribution in [0.25, 0.3) is 0 Å². The molecule has 0 aliphatic rings. The molecule has 0 unspecified atom stereocenters. The van der Waals surface area contributed by atoms with E-state index in [4.69, 9.17) is 0 Å². The molecule has 2 rings (SSSR count). The molecule has 6 heteroatoms. The number of nitrogens with one attached hydrogen (secondary N) is 1. The van der Waals surface area contributed by atoms with E-state index in [-0.39, 0.29) is 0 Å². The fourth-order valence-electron chi connectivity index (χ4n) is 1.30. The summed E-state index contributed by atoms with van der Waals surface area (Å²) in [7, 11) is 0. The molecule has 0 fully saturated rings. The first-order valence-corrected chi connectivity index (χ1v) is 6.72. The van der Waals surface area contributed by atoms with Gasteiger partial charge < -0.3 is 5.32 Å². The summed E-state index contributed by atoms with van der Waals surface area (Å²) in [6, 6.07) is 0. The van der Waals surface area contributed by atoms with Crippen LogP contribution in [0.3, 0.4) is 0 Å². The topological polar surface area (TPSA) is 63.6 Å². The minimum absolute atomic E-state index is 0.725. The van der Waals surface area contributed by atoms with Gasteiger partial charge in [0.1, 0.15) is 5.82 Å². The largest absolute Gasteiger partial charge is 0.369 e. The first-order chi connectivity index (χ1) is 8.78. The van der Waals surface area contributed by atoms with Gasteiger partial charge in [-0.3, -0.25) is 4.98 Å². The van der Waals surface area contributed by atoms with E-state index in [1.807, 2.05) is 26.2 Å². The molecule has 0 amide bonds. The molecule has 0 aliphatic carbocycles. The van der Waals surface area contributed by atoms with Gasteiger partial charge in [-0.1, -0.05) is 11.8 Å². The molecular weight excluding hydrogens is 246 g/mol. The molecule has 94 valence electrons. The number of hydrogen-bond acceptors (Lipinski definition) is 6. The number of nitrogens with zero attached hydrogens (tertiary/aromatic N) is 4. The molecule has 0 bridgehead atoms. The molecule has 0 aliphatic heterocycles. The fraction of sp³-hybridized carbons (Fsp3) is 0.333. The lowest BCUT2D eigenvalue weighted by Gasteiger charge is -2.03. The highest BCUT2D eigenvalue weighted by molar-refractivity contribution is 7.98. The van der Waals surface area contributed by atoms with Gasteiger partial charge in [0.2, 0.25) is 0 Å². The van der Waals surface area contributed by atoms with E-state index in [2.05, 4.69) is 25.3 Å². The van der Waals surface area contributed by atoms with Crippen LogP contribution in [0.5, 0.6) is 0 Å². The van der Waals surface area contributed by atoms with Crippen LogP contribution >= 0.6 is 11.8 Å². The Hall–Kier alpha value is -1.69. The van der Waals surface area contributed by atoms with Crippen LogP contribution < -0.4 is 5.32 Å². The second-order valence-corrected chi connectivity index (χ2v) is 4.70. The number of hydrogen-bond donors (Lipinski definition) is 1. The normalized spacial score (nSPS) is 10.3. The average molecular weight is 261 g/mol. The lowest BCUT2D eigenvalue weighted by molar-refractivity contribution is 0.947. The summed E-state index contributed by atoms with van der Waals surface area (Å²) in [5, 5.41) is 3.87. The third-order valence-corrected chi connectivity index (χ3v) is 3.08. The van der Waals surface area contributed by atoms with E-state index < -0.39 is 0 Å². The Balaban J connectivity index is 1.91. The van der Waals surface area contributed by atoms with Crippen LogP contribution in [0.2, 0.25) is 0 Å². The van der Waals surface area contributed by atoms with Crippen LogP contribution in [0.1, 0.15) is 18.2 Å². The summed E-state index contributed by atoms with van der Waals surface area (Å²) in [5.74, 6) is 1.53. The summed E-state index contributed by atoms with van der Waals surface area (Å²) >= 11 is 1.56. The van der Waals surface area contributed by atoms with Crippen molar-refractivity contribution in [3.05, 3.63) is 36.0 Å². The molecular formula is C12H15N5S. The van der Waals surface area contributed by atoms with Gasteiger partial charge in [0.05, 0.1) is 18.1 Å². The van der Waals surface area contributed by atoms with Gasteiger partial charge in [-0.15, -0.1) is 0 Å². The van der Waals surface area contributed by atoms with Crippen LogP contribution in [-0.2, 0) is 5.75 Å². The van der Waals surface area contributed by atoms with Gasteiger partial charge in [0.15, 0.2) is 5.16 Å². The van der Waals surface area contributed by atoms with E-state index in [1.54, 1.807) is 24.2 Å². The molecule has 2 heterocycles. The molecule has 0 saturated heterocycles. The predicted octanol–water partition coefficient (Wildman–Crippen LogP) is 2.30. The minimum atomic E-state index is 0.725. The molecule has 2 aromatic rings. The third-order valence-electron chi connectivity index (χ3n) is 2.17. The van der Waals surface area contributed by atoms with Gasteiger partial charge in [-0.2, -0.15) is 0 Å². The van der Waals surface area contributed by atoms with Gasteiger partial charge in [-0.25, -0.2) is 15.0 Å². The molecule has 0 saturated carbocycles. The van der Waals surface area contributed by atoms with Gasteiger partial charge in [0, 0.05) is 24.7 Å². The quantitative estimate of drug-likeness (QED) is 0.658. The Morgan fingerprint density at radius 1 is 1.06 bits per heavy atom. The Bertz CT molecular complexity index is 483. The highest BCUT2D eigenvalue weighted by atomic mass is 32.2. The van der Waals surface area contributed by atoms with E-state index in [9.17, 15) is 0 Å². The number of aromatic nitrogens is 4. The van der Waals surface area contributed by atoms with Gasteiger partial charge in [0.25, 0.3) is 0 Å². The van der Waals surface area contributed by atoms with E-state index >= 15 is 0 Å². The van der Waals surface area contributed by atoms with Crippen LogP contribution in [-0.4, -0.2) is 26.5 Å². The molecule has 2 aromatic heterocycles. The number of thioether (sulfide) groups is 1. The van der Waals surface area contributed by atoms with Gasteiger partial charge >= 0.3 is 0 Å². The first-order valence-electron chi connectivity index (χ1n) is 5.74. The maximum Gasteiger partial charge on any atom is 0.187 e. The van der Waals surface area contributed by atoms with Crippen molar-refractivity contribution in [1.29, 1.82) is 0 Å². The van der Waals surface area contributed by atoms with Crippen molar-refractivity contribution in [2.75, 3.05) is 11.9 Å². The van der Waals surface area contributed by atoms with E-state index in [0.29, 0.717) is 0 Å². The smallest absolute Gasteiger partial charge is 0.187 e. The second-order valence-electron chi connectivity index (χ2n) is 3.75. The Morgan fingerprint density at radius 2 is 1.83 bits per heavy atom. The second kappa shape index (κ2) is 6.30. The summed E-state index contributed by atoms with van der Waals surface area (Å²) in [4.78, 5) is 17.1. The molecule has 0 radical (unpaired) electrons. The SMILES string of the molecule is CCNc1cnc(CSc2ncc(C)cn2)cn1. The number of rotatable bonds is 5. The number of anilines is 1. The van der Waals surface area contributed by atoms with Crippen molar-refractivity contribution < 1.29 is 0 Å². The highest BCUT2D eigenvalue weighted by Gasteiger charge is 2.01. The fourth-order valence-corrected chi connectivity index (χ4v) is 1.98. The van der Waals surface area contributed by atoms with Crippen molar-refractivity contribution in [2.24, 2.45) is 0 Å². The lowest BCUT2D eigenvalue weighted by Crippen LogP contribution is -2.00. The van der Waals surface area contributed by atoms with E-state index in [0.717, 1.165) is 34.5 Å². The van der Waals surface area contributed by atoms with Crippen LogP contribution in [0.4, 0.5) is 5.82 Å².